The van der Waals surface area contributed by atoms with Gasteiger partial charge in [-0.1, -0.05) is 43.2 Å². The van der Waals surface area contributed by atoms with Gasteiger partial charge in [-0.2, -0.15) is 0 Å². The Hall–Kier alpha value is -1.55. The first kappa shape index (κ1) is 15.3. The van der Waals surface area contributed by atoms with Crippen LogP contribution in [0.5, 0.6) is 0 Å². The van der Waals surface area contributed by atoms with Crippen LogP contribution >= 0.6 is 0 Å². The summed E-state index contributed by atoms with van der Waals surface area (Å²) < 4.78 is 5.88. The summed E-state index contributed by atoms with van der Waals surface area (Å²) in [5, 5.41) is 3.22. The van der Waals surface area contributed by atoms with Gasteiger partial charge in [-0.3, -0.25) is 0 Å². The largest absolute Gasteiger partial charge is 0.373 e. The first-order valence-electron chi connectivity index (χ1n) is 8.55. The summed E-state index contributed by atoms with van der Waals surface area (Å²) in [6, 6.07) is 10.6. The number of benzene rings is 1. The number of likely N-dealkylation sites (tertiary alicyclic amines) is 1. The van der Waals surface area contributed by atoms with E-state index in [0.717, 1.165) is 38.8 Å². The summed E-state index contributed by atoms with van der Waals surface area (Å²) in [4.78, 5) is 14.4. The van der Waals surface area contributed by atoms with Gasteiger partial charge in [0.25, 0.3) is 0 Å². The maximum Gasteiger partial charge on any atom is 0.317 e. The van der Waals surface area contributed by atoms with Gasteiger partial charge in [0.2, 0.25) is 0 Å². The zero-order valence-electron chi connectivity index (χ0n) is 13.2. The van der Waals surface area contributed by atoms with Gasteiger partial charge in [0, 0.05) is 25.7 Å². The van der Waals surface area contributed by atoms with Crippen molar-refractivity contribution in [3.8, 4) is 0 Å². The third-order valence-corrected chi connectivity index (χ3v) is 4.68. The molecule has 2 aliphatic heterocycles. The molecular weight excluding hydrogens is 276 g/mol. The van der Waals surface area contributed by atoms with Gasteiger partial charge in [-0.25, -0.2) is 4.79 Å². The smallest absolute Gasteiger partial charge is 0.317 e. The Morgan fingerprint density at radius 1 is 1.09 bits per heavy atom. The maximum absolute atomic E-state index is 12.4. The number of rotatable bonds is 2. The second kappa shape index (κ2) is 7.63. The van der Waals surface area contributed by atoms with Crippen molar-refractivity contribution in [3.63, 3.8) is 0 Å². The van der Waals surface area contributed by atoms with Gasteiger partial charge in [0.05, 0.1) is 6.10 Å². The highest BCUT2D eigenvalue weighted by Gasteiger charge is 2.26. The van der Waals surface area contributed by atoms with E-state index in [4.69, 9.17) is 4.74 Å². The van der Waals surface area contributed by atoms with Crippen LogP contribution in [-0.2, 0) is 4.74 Å². The molecule has 0 saturated carbocycles. The Morgan fingerprint density at radius 2 is 1.82 bits per heavy atom. The molecule has 2 heterocycles. The third kappa shape index (κ3) is 4.01. The average molecular weight is 302 g/mol. The Labute approximate surface area is 132 Å². The molecule has 0 spiro atoms. The molecule has 22 heavy (non-hydrogen) atoms. The number of carbonyl (C=O) groups is 1. The molecule has 1 aromatic rings. The summed E-state index contributed by atoms with van der Waals surface area (Å²) in [5.74, 6) is 0. The van der Waals surface area contributed by atoms with Crippen molar-refractivity contribution in [2.24, 2.45) is 0 Å². The van der Waals surface area contributed by atoms with Crippen molar-refractivity contribution in [1.82, 2.24) is 10.2 Å². The average Bonchev–Trinajstić information content (AvgIpc) is 2.85. The van der Waals surface area contributed by atoms with Gasteiger partial charge >= 0.3 is 6.03 Å². The van der Waals surface area contributed by atoms with Crippen molar-refractivity contribution >= 4 is 6.03 Å². The SMILES string of the molecule is O=C(N[C@H]1CCO[C@@H](c2ccccc2)C1)N1CCCCCC1. The predicted molar refractivity (Wildman–Crippen MR) is 86.7 cm³/mol. The van der Waals surface area contributed by atoms with E-state index in [-0.39, 0.29) is 18.2 Å². The molecule has 3 rings (SSSR count). The van der Waals surface area contributed by atoms with E-state index >= 15 is 0 Å². The monoisotopic (exact) mass is 302 g/mol. The second-order valence-electron chi connectivity index (χ2n) is 6.34. The number of hydrogen-bond donors (Lipinski definition) is 1. The van der Waals surface area contributed by atoms with Gasteiger partial charge in [0.1, 0.15) is 0 Å². The molecule has 1 aromatic carbocycles. The molecule has 4 nitrogen and oxygen atoms in total. The van der Waals surface area contributed by atoms with Crippen LogP contribution in [0.25, 0.3) is 0 Å². The Balaban J connectivity index is 1.54. The van der Waals surface area contributed by atoms with Gasteiger partial charge < -0.3 is 15.0 Å². The third-order valence-electron chi connectivity index (χ3n) is 4.68. The fraction of sp³-hybridized carbons (Fsp3) is 0.611. The first-order chi connectivity index (χ1) is 10.8. The molecule has 120 valence electrons. The van der Waals surface area contributed by atoms with E-state index in [1.165, 1.54) is 18.4 Å². The Kier molecular flexibility index (Phi) is 5.33. The van der Waals surface area contributed by atoms with E-state index in [1.54, 1.807) is 0 Å². The molecule has 1 N–H and O–H groups in total. The van der Waals surface area contributed by atoms with Crippen molar-refractivity contribution in [3.05, 3.63) is 35.9 Å². The van der Waals surface area contributed by atoms with E-state index < -0.39 is 0 Å². The minimum absolute atomic E-state index is 0.101. The molecule has 0 bridgehead atoms. The lowest BCUT2D eigenvalue weighted by Crippen LogP contribution is -2.47. The number of ether oxygens (including phenoxy) is 1. The summed E-state index contributed by atoms with van der Waals surface area (Å²) in [5.41, 5.74) is 1.20. The normalized spacial score (nSPS) is 26.3. The Morgan fingerprint density at radius 3 is 2.55 bits per heavy atom. The van der Waals surface area contributed by atoms with E-state index in [2.05, 4.69) is 17.4 Å². The van der Waals surface area contributed by atoms with Crippen LogP contribution in [0, 0.1) is 0 Å². The molecule has 2 fully saturated rings. The molecule has 4 heteroatoms. The van der Waals surface area contributed by atoms with Crippen molar-refractivity contribution in [2.45, 2.75) is 50.7 Å². The van der Waals surface area contributed by atoms with Crippen molar-refractivity contribution in [2.75, 3.05) is 19.7 Å². The number of hydrogen-bond acceptors (Lipinski definition) is 2. The molecule has 0 aromatic heterocycles. The molecule has 2 atom stereocenters. The summed E-state index contributed by atoms with van der Waals surface area (Å²) >= 11 is 0. The first-order valence-corrected chi connectivity index (χ1v) is 8.55. The molecule has 0 aliphatic carbocycles. The molecule has 2 aliphatic rings. The zero-order valence-corrected chi connectivity index (χ0v) is 13.2. The lowest BCUT2D eigenvalue weighted by molar-refractivity contribution is 0.00150. The predicted octanol–water partition coefficient (Wildman–Crippen LogP) is 3.49. The quantitative estimate of drug-likeness (QED) is 0.908. The fourth-order valence-corrected chi connectivity index (χ4v) is 3.37. The van der Waals surface area contributed by atoms with Crippen LogP contribution in [0.4, 0.5) is 4.79 Å². The number of nitrogens with zero attached hydrogens (tertiary/aromatic N) is 1. The van der Waals surface area contributed by atoms with Gasteiger partial charge in [-0.05, 0) is 31.2 Å². The van der Waals surface area contributed by atoms with E-state index in [0.29, 0.717) is 6.61 Å². The van der Waals surface area contributed by atoms with Gasteiger partial charge in [0.15, 0.2) is 0 Å². The fourth-order valence-electron chi connectivity index (χ4n) is 3.37. The van der Waals surface area contributed by atoms with Crippen LogP contribution in [0.15, 0.2) is 30.3 Å². The minimum Gasteiger partial charge on any atom is -0.373 e. The van der Waals surface area contributed by atoms with Crippen LogP contribution < -0.4 is 5.32 Å². The molecule has 2 saturated heterocycles. The summed E-state index contributed by atoms with van der Waals surface area (Å²) in [6.45, 7) is 2.51. The second-order valence-corrected chi connectivity index (χ2v) is 6.34. The minimum atomic E-state index is 0.101. The van der Waals surface area contributed by atoms with Crippen LogP contribution in [-0.4, -0.2) is 36.7 Å². The molecule has 0 unspecified atom stereocenters. The van der Waals surface area contributed by atoms with Crippen molar-refractivity contribution in [1.29, 1.82) is 0 Å². The van der Waals surface area contributed by atoms with Crippen LogP contribution in [0.1, 0.15) is 50.2 Å². The highest BCUT2D eigenvalue weighted by atomic mass is 16.5. The number of nitrogens with one attached hydrogen (secondary N) is 1. The van der Waals surface area contributed by atoms with Crippen LogP contribution in [0.2, 0.25) is 0 Å². The molecule has 2 amide bonds. The summed E-state index contributed by atoms with van der Waals surface area (Å²) in [7, 11) is 0. The molecular formula is C18H26N2O2. The lowest BCUT2D eigenvalue weighted by Gasteiger charge is -2.32. The van der Waals surface area contributed by atoms with Gasteiger partial charge in [-0.15, -0.1) is 0 Å². The zero-order chi connectivity index (χ0) is 15.2. The van der Waals surface area contributed by atoms with Crippen molar-refractivity contribution < 1.29 is 9.53 Å². The number of carbonyl (C=O) groups excluding carboxylic acids is 1. The molecule has 0 radical (unpaired) electrons. The van der Waals surface area contributed by atoms with E-state index in [1.807, 2.05) is 23.1 Å². The topological polar surface area (TPSA) is 41.6 Å². The Bertz CT molecular complexity index is 469. The highest BCUT2D eigenvalue weighted by molar-refractivity contribution is 5.74. The standard InChI is InChI=1S/C18H26N2O2/c21-18(20-11-6-1-2-7-12-20)19-16-10-13-22-17(14-16)15-8-4-3-5-9-15/h3-5,8-9,16-17H,1-2,6-7,10-14H2,(H,19,21)/t16-,17+/m0/s1. The summed E-state index contributed by atoms with van der Waals surface area (Å²) in [6.07, 6.45) is 6.63. The highest BCUT2D eigenvalue weighted by Crippen LogP contribution is 2.28. The van der Waals surface area contributed by atoms with E-state index in [9.17, 15) is 4.79 Å². The maximum atomic E-state index is 12.4. The number of urea groups is 1. The number of amides is 2. The van der Waals surface area contributed by atoms with Crippen LogP contribution in [0.3, 0.4) is 0 Å². The lowest BCUT2D eigenvalue weighted by atomic mass is 9.97.